The second-order valence-corrected chi connectivity index (χ2v) is 10.4. The Labute approximate surface area is 205 Å². The summed E-state index contributed by atoms with van der Waals surface area (Å²) in [6.45, 7) is 5.33. The van der Waals surface area contributed by atoms with Crippen molar-refractivity contribution >= 4 is 13.7 Å². The zero-order valence-electron chi connectivity index (χ0n) is 20.1. The van der Waals surface area contributed by atoms with Crippen molar-refractivity contribution in [3.05, 3.63) is 63.4 Å². The summed E-state index contributed by atoms with van der Waals surface area (Å²) in [5.74, 6) is -0.563. The molecular formula is C22H29FN3O9P. The van der Waals surface area contributed by atoms with Gasteiger partial charge in [0.2, 0.25) is 0 Å². The highest BCUT2D eigenvalue weighted by Gasteiger charge is 2.54. The van der Waals surface area contributed by atoms with Crippen molar-refractivity contribution in [1.82, 2.24) is 14.6 Å². The van der Waals surface area contributed by atoms with Gasteiger partial charge >= 0.3 is 19.4 Å². The first-order valence-corrected chi connectivity index (χ1v) is 12.7. The highest BCUT2D eigenvalue weighted by Crippen LogP contribution is 2.48. The predicted molar refractivity (Wildman–Crippen MR) is 125 cm³/mol. The van der Waals surface area contributed by atoms with Crippen LogP contribution < -0.4 is 20.9 Å². The summed E-state index contributed by atoms with van der Waals surface area (Å²) >= 11 is 0. The molecule has 1 aromatic heterocycles. The fourth-order valence-electron chi connectivity index (χ4n) is 3.41. The van der Waals surface area contributed by atoms with Crippen LogP contribution in [0.4, 0.5) is 4.39 Å². The Bertz CT molecular complexity index is 1220. The van der Waals surface area contributed by atoms with Crippen LogP contribution in [-0.2, 0) is 23.4 Å². The first kappa shape index (κ1) is 27.8. The van der Waals surface area contributed by atoms with E-state index in [1.165, 1.54) is 26.0 Å². The molecule has 1 aliphatic heterocycles. The molecule has 0 saturated carbocycles. The minimum Gasteiger partial charge on any atom is -0.462 e. The number of rotatable bonds is 10. The third-order valence-electron chi connectivity index (χ3n) is 5.26. The molecule has 1 unspecified atom stereocenters. The quantitative estimate of drug-likeness (QED) is 0.305. The smallest absolute Gasteiger partial charge is 0.459 e. The number of hydrogen-bond donors (Lipinski definition) is 3. The number of ether oxygens (including phenoxy) is 2. The molecular weight excluding hydrogens is 500 g/mol. The number of hydrogen-bond acceptors (Lipinski definition) is 9. The number of nitrogens with one attached hydrogen (secondary N) is 2. The Morgan fingerprint density at radius 3 is 2.56 bits per heavy atom. The van der Waals surface area contributed by atoms with E-state index in [0.29, 0.717) is 0 Å². The minimum absolute atomic E-state index is 0.150. The van der Waals surface area contributed by atoms with E-state index in [1.54, 1.807) is 32.0 Å². The Balaban J connectivity index is 1.81. The van der Waals surface area contributed by atoms with Crippen molar-refractivity contribution in [2.45, 2.75) is 63.9 Å². The Kier molecular flexibility index (Phi) is 8.52. The van der Waals surface area contributed by atoms with E-state index < -0.39 is 67.8 Å². The largest absolute Gasteiger partial charge is 0.462 e. The molecule has 0 bridgehead atoms. The van der Waals surface area contributed by atoms with Gasteiger partial charge in [-0.2, -0.15) is 5.09 Å². The molecule has 0 spiro atoms. The van der Waals surface area contributed by atoms with Gasteiger partial charge in [-0.15, -0.1) is 0 Å². The van der Waals surface area contributed by atoms with Gasteiger partial charge in [-0.3, -0.25) is 23.7 Å². The Morgan fingerprint density at radius 1 is 1.28 bits per heavy atom. The van der Waals surface area contributed by atoms with E-state index in [9.17, 15) is 28.4 Å². The number of halogens is 1. The van der Waals surface area contributed by atoms with Crippen LogP contribution >= 0.6 is 7.75 Å². The third-order valence-corrected chi connectivity index (χ3v) is 6.89. The number of para-hydroxylation sites is 1. The van der Waals surface area contributed by atoms with E-state index in [1.807, 2.05) is 4.98 Å². The summed E-state index contributed by atoms with van der Waals surface area (Å²) in [7, 11) is -4.32. The number of carbonyl (C=O) groups excluding carboxylic acids is 1. The topological polar surface area (TPSA) is 158 Å². The number of carbonyl (C=O) groups is 1. The Hall–Kier alpha value is -2.83. The maximum atomic E-state index is 15.0. The van der Waals surface area contributed by atoms with Gasteiger partial charge in [0.15, 0.2) is 12.4 Å². The number of aromatic amines is 1. The molecule has 3 N–H and O–H groups in total. The van der Waals surface area contributed by atoms with Gasteiger partial charge < -0.3 is 19.1 Å². The van der Waals surface area contributed by atoms with E-state index in [0.717, 1.165) is 16.8 Å². The van der Waals surface area contributed by atoms with Gasteiger partial charge in [0, 0.05) is 12.3 Å². The van der Waals surface area contributed by atoms with Crippen LogP contribution in [0, 0.1) is 0 Å². The molecule has 6 atom stereocenters. The van der Waals surface area contributed by atoms with Crippen LogP contribution in [-0.4, -0.2) is 57.3 Å². The minimum atomic E-state index is -4.32. The van der Waals surface area contributed by atoms with Crippen molar-refractivity contribution in [2.24, 2.45) is 0 Å². The Morgan fingerprint density at radius 2 is 1.94 bits per heavy atom. The first-order valence-electron chi connectivity index (χ1n) is 11.1. The van der Waals surface area contributed by atoms with Crippen molar-refractivity contribution in [1.29, 1.82) is 0 Å². The predicted octanol–water partition coefficient (Wildman–Crippen LogP) is 1.66. The fraction of sp³-hybridized carbons (Fsp3) is 0.500. The molecule has 2 aromatic rings. The molecule has 1 aromatic carbocycles. The molecule has 12 nitrogen and oxygen atoms in total. The lowest BCUT2D eigenvalue weighted by Crippen LogP contribution is -2.44. The summed E-state index contributed by atoms with van der Waals surface area (Å²) in [4.78, 5) is 37.7. The normalized spacial score (nSPS) is 26.4. The van der Waals surface area contributed by atoms with Crippen molar-refractivity contribution < 1.29 is 37.4 Å². The number of aliphatic hydroxyl groups excluding tert-OH is 1. The number of alkyl halides is 1. The molecule has 1 saturated heterocycles. The molecule has 14 heteroatoms. The number of H-pyrrole nitrogens is 1. The number of nitrogens with zero attached hydrogens (tertiary/aromatic N) is 1. The highest BCUT2D eigenvalue weighted by atomic mass is 31.2. The van der Waals surface area contributed by atoms with E-state index >= 15 is 0 Å². The lowest BCUT2D eigenvalue weighted by molar-refractivity contribution is -0.149. The number of aromatic nitrogens is 2. The van der Waals surface area contributed by atoms with Crippen molar-refractivity contribution in [3.8, 4) is 5.75 Å². The molecule has 0 amide bonds. The molecule has 1 aliphatic rings. The van der Waals surface area contributed by atoms with Gasteiger partial charge in [0.05, 0.1) is 12.7 Å². The van der Waals surface area contributed by atoms with Crippen LogP contribution in [0.5, 0.6) is 5.75 Å². The lowest BCUT2D eigenvalue weighted by Gasteiger charge is -2.30. The molecule has 198 valence electrons. The van der Waals surface area contributed by atoms with Crippen molar-refractivity contribution in [2.75, 3.05) is 6.61 Å². The summed E-state index contributed by atoms with van der Waals surface area (Å²) in [5, 5.41) is 13.0. The number of esters is 1. The van der Waals surface area contributed by atoms with Gasteiger partial charge in [-0.25, -0.2) is 13.8 Å². The van der Waals surface area contributed by atoms with E-state index in [2.05, 4.69) is 5.09 Å². The maximum absolute atomic E-state index is 15.0. The average molecular weight is 529 g/mol. The van der Waals surface area contributed by atoms with Gasteiger partial charge in [-0.1, -0.05) is 18.2 Å². The average Bonchev–Trinajstić information content (AvgIpc) is 3.02. The molecule has 36 heavy (non-hydrogen) atoms. The molecule has 0 aliphatic carbocycles. The van der Waals surface area contributed by atoms with Crippen LogP contribution in [0.2, 0.25) is 0 Å². The van der Waals surface area contributed by atoms with Crippen LogP contribution in [0.1, 0.15) is 33.9 Å². The second-order valence-electron chi connectivity index (χ2n) is 8.74. The maximum Gasteiger partial charge on any atom is 0.459 e. The highest BCUT2D eigenvalue weighted by molar-refractivity contribution is 7.52. The second kappa shape index (κ2) is 11.1. The SMILES string of the molecule is CC(C)OC(=O)[C@H](C)NP(=O)(OC[C@@]1(C)O[C@@H](n2ccc(=O)[nH]c2=O)[C@H](F)[C@@H]1O)Oc1ccccc1. The van der Waals surface area contributed by atoms with Gasteiger partial charge in [0.25, 0.3) is 5.56 Å². The fourth-order valence-corrected chi connectivity index (χ4v) is 4.99. The summed E-state index contributed by atoms with van der Waals surface area (Å²) in [5.41, 5.74) is -3.42. The summed E-state index contributed by atoms with van der Waals surface area (Å²) in [6, 6.07) is 7.85. The van der Waals surface area contributed by atoms with Gasteiger partial charge in [-0.05, 0) is 39.8 Å². The standard InChI is InChI=1S/C22H29FN3O9P/c1-13(2)33-20(29)14(3)25-36(31,35-15-8-6-5-7-9-15)32-12-22(4)18(28)17(23)19(34-22)26-11-10-16(27)24-21(26)30/h5-11,13-14,17-19,28H,12H2,1-4H3,(H,25,31)(H,24,27,30)/t14-,17+,18-,19+,22+,36?/m0/s1. The zero-order chi connectivity index (χ0) is 26.7. The van der Waals surface area contributed by atoms with Crippen LogP contribution in [0.15, 0.2) is 52.2 Å². The van der Waals surface area contributed by atoms with E-state index in [4.69, 9.17) is 18.5 Å². The first-order chi connectivity index (χ1) is 16.8. The number of benzene rings is 1. The third kappa shape index (κ3) is 6.48. The van der Waals surface area contributed by atoms with Crippen LogP contribution in [0.3, 0.4) is 0 Å². The van der Waals surface area contributed by atoms with E-state index in [-0.39, 0.29) is 5.75 Å². The summed E-state index contributed by atoms with van der Waals surface area (Å²) in [6.07, 6.45) is -4.89. The molecule has 0 radical (unpaired) electrons. The molecule has 2 heterocycles. The zero-order valence-corrected chi connectivity index (χ0v) is 21.0. The number of aliphatic hydroxyl groups is 1. The lowest BCUT2D eigenvalue weighted by atomic mass is 9.99. The molecule has 3 rings (SSSR count). The monoisotopic (exact) mass is 529 g/mol. The van der Waals surface area contributed by atoms with Gasteiger partial charge in [0.1, 0.15) is 23.5 Å². The molecule has 1 fully saturated rings. The summed E-state index contributed by atoms with van der Waals surface area (Å²) < 4.78 is 51.2. The van der Waals surface area contributed by atoms with Crippen LogP contribution in [0.25, 0.3) is 0 Å². The van der Waals surface area contributed by atoms with Crippen molar-refractivity contribution in [3.63, 3.8) is 0 Å².